The van der Waals surface area contributed by atoms with E-state index >= 15 is 0 Å². The summed E-state index contributed by atoms with van der Waals surface area (Å²) in [5.74, 6) is -2.20. The average molecular weight is 469 g/mol. The first-order chi connectivity index (χ1) is 15.4. The van der Waals surface area contributed by atoms with Gasteiger partial charge in [-0.3, -0.25) is 14.4 Å². The third-order valence-electron chi connectivity index (χ3n) is 4.72. The molecule has 0 aliphatic carbocycles. The molecular formula is C23H14Cl2N2O5. The van der Waals surface area contributed by atoms with Gasteiger partial charge < -0.3 is 10.1 Å². The van der Waals surface area contributed by atoms with Crippen LogP contribution in [0.15, 0.2) is 66.7 Å². The number of anilines is 2. The summed E-state index contributed by atoms with van der Waals surface area (Å²) in [4.78, 5) is 50.5. The van der Waals surface area contributed by atoms with E-state index in [-0.39, 0.29) is 15.6 Å². The largest absolute Gasteiger partial charge is 0.452 e. The van der Waals surface area contributed by atoms with Crippen LogP contribution in [-0.4, -0.2) is 30.3 Å². The van der Waals surface area contributed by atoms with Gasteiger partial charge in [-0.15, -0.1) is 0 Å². The van der Waals surface area contributed by atoms with Gasteiger partial charge in [-0.1, -0.05) is 41.4 Å². The van der Waals surface area contributed by atoms with Gasteiger partial charge in [0.15, 0.2) is 6.61 Å². The molecule has 7 nitrogen and oxygen atoms in total. The first-order valence-electron chi connectivity index (χ1n) is 9.35. The van der Waals surface area contributed by atoms with Crippen LogP contribution in [-0.2, 0) is 9.53 Å². The van der Waals surface area contributed by atoms with Crippen molar-refractivity contribution in [3.8, 4) is 0 Å². The van der Waals surface area contributed by atoms with Gasteiger partial charge in [0.1, 0.15) is 0 Å². The number of rotatable bonds is 5. The van der Waals surface area contributed by atoms with Crippen molar-refractivity contribution in [1.29, 1.82) is 0 Å². The molecule has 0 spiro atoms. The Balaban J connectivity index is 1.39. The minimum absolute atomic E-state index is 0.152. The number of nitrogens with one attached hydrogen (secondary N) is 1. The lowest BCUT2D eigenvalue weighted by Gasteiger charge is -2.14. The second kappa shape index (κ2) is 8.82. The number of ether oxygens (including phenoxy) is 1. The van der Waals surface area contributed by atoms with Gasteiger partial charge in [-0.05, 0) is 48.5 Å². The van der Waals surface area contributed by atoms with Crippen molar-refractivity contribution in [2.75, 3.05) is 16.8 Å². The van der Waals surface area contributed by atoms with Gasteiger partial charge in [0.25, 0.3) is 17.7 Å². The van der Waals surface area contributed by atoms with Crippen LogP contribution < -0.4 is 10.2 Å². The van der Waals surface area contributed by atoms with Gasteiger partial charge in [0, 0.05) is 0 Å². The first kappa shape index (κ1) is 21.5. The summed E-state index contributed by atoms with van der Waals surface area (Å²) in [6.45, 7) is -0.540. The van der Waals surface area contributed by atoms with E-state index in [9.17, 15) is 19.2 Å². The van der Waals surface area contributed by atoms with Crippen LogP contribution >= 0.6 is 23.2 Å². The molecule has 0 aromatic heterocycles. The van der Waals surface area contributed by atoms with Gasteiger partial charge in [0.2, 0.25) is 0 Å². The van der Waals surface area contributed by atoms with E-state index in [1.807, 2.05) is 0 Å². The second-order valence-electron chi connectivity index (χ2n) is 6.76. The molecule has 1 aliphatic heterocycles. The summed E-state index contributed by atoms with van der Waals surface area (Å²) < 4.78 is 5.02. The van der Waals surface area contributed by atoms with Crippen molar-refractivity contribution < 1.29 is 23.9 Å². The summed E-state index contributed by atoms with van der Waals surface area (Å²) >= 11 is 11.9. The topological polar surface area (TPSA) is 92.8 Å². The molecule has 3 amide bonds. The molecule has 4 rings (SSSR count). The summed E-state index contributed by atoms with van der Waals surface area (Å²) in [5, 5.41) is 2.96. The maximum Gasteiger partial charge on any atom is 0.338 e. The Morgan fingerprint density at radius 1 is 0.844 bits per heavy atom. The Morgan fingerprint density at radius 2 is 1.47 bits per heavy atom. The molecule has 0 atom stereocenters. The number of benzene rings is 3. The number of halogens is 2. The third kappa shape index (κ3) is 4.08. The van der Waals surface area contributed by atoms with Gasteiger partial charge in [-0.25, -0.2) is 9.69 Å². The minimum Gasteiger partial charge on any atom is -0.452 e. The zero-order valence-corrected chi connectivity index (χ0v) is 17.8. The lowest BCUT2D eigenvalue weighted by atomic mass is 10.1. The minimum atomic E-state index is -0.744. The number of nitrogens with zero attached hydrogens (tertiary/aromatic N) is 1. The molecule has 1 heterocycles. The fourth-order valence-electron chi connectivity index (χ4n) is 3.17. The van der Waals surface area contributed by atoms with Gasteiger partial charge in [0.05, 0.1) is 38.1 Å². The van der Waals surface area contributed by atoms with E-state index in [2.05, 4.69) is 5.32 Å². The van der Waals surface area contributed by atoms with Gasteiger partial charge >= 0.3 is 5.97 Å². The second-order valence-corrected chi connectivity index (χ2v) is 7.55. The molecule has 0 saturated heterocycles. The molecule has 0 fully saturated rings. The van der Waals surface area contributed by atoms with Crippen LogP contribution in [0.2, 0.25) is 10.0 Å². The fourth-order valence-corrected chi connectivity index (χ4v) is 3.52. The Morgan fingerprint density at radius 3 is 2.09 bits per heavy atom. The highest BCUT2D eigenvalue weighted by Crippen LogP contribution is 2.30. The maximum absolute atomic E-state index is 12.6. The summed E-state index contributed by atoms with van der Waals surface area (Å²) in [6, 6.07) is 17.0. The molecule has 160 valence electrons. The lowest BCUT2D eigenvalue weighted by Crippen LogP contribution is -2.29. The maximum atomic E-state index is 12.6. The van der Waals surface area contributed by atoms with Crippen molar-refractivity contribution in [3.63, 3.8) is 0 Å². The fraction of sp³-hybridized carbons (Fsp3) is 0.0435. The Bertz CT molecular complexity index is 1220. The Kier molecular flexibility index (Phi) is 5.94. The summed E-state index contributed by atoms with van der Waals surface area (Å²) in [7, 11) is 0. The summed E-state index contributed by atoms with van der Waals surface area (Å²) in [5.41, 5.74) is 1.42. The van der Waals surface area contributed by atoms with Crippen molar-refractivity contribution in [1.82, 2.24) is 0 Å². The quantitative estimate of drug-likeness (QED) is 0.436. The van der Waals surface area contributed by atoms with Crippen LogP contribution in [0.25, 0.3) is 0 Å². The average Bonchev–Trinajstić information content (AvgIpc) is 3.06. The molecule has 9 heteroatoms. The number of carbonyl (C=O) groups excluding carboxylic acids is 4. The number of hydrogen-bond donors (Lipinski definition) is 1. The van der Waals surface area contributed by atoms with E-state index < -0.39 is 30.3 Å². The molecule has 3 aromatic carbocycles. The van der Waals surface area contributed by atoms with Crippen LogP contribution in [0.5, 0.6) is 0 Å². The SMILES string of the molecule is O=C(COC(=O)c1ccc(N2C(=O)c3ccccc3C2=O)cc1)Nc1cccc(Cl)c1Cl. The highest BCUT2D eigenvalue weighted by Gasteiger charge is 2.36. The molecule has 0 radical (unpaired) electrons. The molecular weight excluding hydrogens is 455 g/mol. The van der Waals surface area contributed by atoms with Gasteiger partial charge in [-0.2, -0.15) is 0 Å². The standard InChI is InChI=1S/C23H14Cl2N2O5/c24-17-6-3-7-18(20(17)25)26-19(28)12-32-23(31)13-8-10-14(11-9-13)27-21(29)15-4-1-2-5-16(15)22(27)30/h1-11H,12H2,(H,26,28). The molecule has 32 heavy (non-hydrogen) atoms. The van der Waals surface area contributed by atoms with Crippen molar-refractivity contribution >= 4 is 58.3 Å². The molecule has 3 aromatic rings. The van der Waals surface area contributed by atoms with E-state index in [4.69, 9.17) is 27.9 Å². The normalized spacial score (nSPS) is 12.5. The Labute approximate surface area is 192 Å². The van der Waals surface area contributed by atoms with Crippen molar-refractivity contribution in [2.45, 2.75) is 0 Å². The number of esters is 1. The van der Waals surface area contributed by atoms with E-state index in [0.29, 0.717) is 22.5 Å². The van der Waals surface area contributed by atoms with Crippen LogP contribution in [0.3, 0.4) is 0 Å². The van der Waals surface area contributed by atoms with E-state index in [0.717, 1.165) is 4.90 Å². The molecule has 0 bridgehead atoms. The third-order valence-corrected chi connectivity index (χ3v) is 5.53. The number of amides is 3. The predicted octanol–water partition coefficient (Wildman–Crippen LogP) is 4.59. The monoisotopic (exact) mass is 468 g/mol. The first-order valence-corrected chi connectivity index (χ1v) is 10.1. The van der Waals surface area contributed by atoms with E-state index in [1.165, 1.54) is 24.3 Å². The van der Waals surface area contributed by atoms with Crippen molar-refractivity contribution in [3.05, 3.63) is 93.5 Å². The highest BCUT2D eigenvalue weighted by molar-refractivity contribution is 6.44. The highest BCUT2D eigenvalue weighted by atomic mass is 35.5. The summed E-state index contributed by atoms with van der Waals surface area (Å²) in [6.07, 6.45) is 0. The number of imide groups is 1. The Hall–Kier alpha value is -3.68. The molecule has 1 aliphatic rings. The zero-order chi connectivity index (χ0) is 22.8. The zero-order valence-electron chi connectivity index (χ0n) is 16.3. The molecule has 0 unspecified atom stereocenters. The van der Waals surface area contributed by atoms with E-state index in [1.54, 1.807) is 42.5 Å². The van der Waals surface area contributed by atoms with Crippen LogP contribution in [0.1, 0.15) is 31.1 Å². The predicted molar refractivity (Wildman–Crippen MR) is 119 cm³/mol. The molecule has 0 saturated carbocycles. The van der Waals surface area contributed by atoms with Crippen LogP contribution in [0, 0.1) is 0 Å². The number of fused-ring (bicyclic) bond motifs is 1. The number of hydrogen-bond acceptors (Lipinski definition) is 5. The lowest BCUT2D eigenvalue weighted by molar-refractivity contribution is -0.119. The molecule has 1 N–H and O–H groups in total. The number of carbonyl (C=O) groups is 4. The smallest absolute Gasteiger partial charge is 0.338 e. The van der Waals surface area contributed by atoms with Crippen LogP contribution in [0.4, 0.5) is 11.4 Å². The van der Waals surface area contributed by atoms with Crippen molar-refractivity contribution in [2.24, 2.45) is 0 Å².